The predicted octanol–water partition coefficient (Wildman–Crippen LogP) is 3.58. The van der Waals surface area contributed by atoms with Gasteiger partial charge >= 0.3 is 6.61 Å². The highest BCUT2D eigenvalue weighted by Crippen LogP contribution is 2.25. The van der Waals surface area contributed by atoms with Crippen LogP contribution in [0.25, 0.3) is 0 Å². The van der Waals surface area contributed by atoms with Gasteiger partial charge in [-0.25, -0.2) is 0 Å². The Hall–Kier alpha value is -2.42. The summed E-state index contributed by atoms with van der Waals surface area (Å²) in [5.74, 6) is 0.469. The van der Waals surface area contributed by atoms with Crippen LogP contribution < -0.4 is 14.8 Å². The SMILES string of the molecule is O=C(CN1CCN(CCOc2ccc(Cl)cc2)CC1)Nc1ccccc1OC(F)F. The molecule has 1 amide bonds. The average Bonchev–Trinajstić information content (AvgIpc) is 2.72. The van der Waals surface area contributed by atoms with Gasteiger partial charge in [0, 0.05) is 37.7 Å². The number of hydrogen-bond donors (Lipinski definition) is 1. The van der Waals surface area contributed by atoms with Gasteiger partial charge in [-0.1, -0.05) is 23.7 Å². The number of benzene rings is 2. The summed E-state index contributed by atoms with van der Waals surface area (Å²) in [6.07, 6.45) is 0. The molecule has 1 saturated heterocycles. The van der Waals surface area contributed by atoms with Gasteiger partial charge in [0.2, 0.25) is 5.91 Å². The largest absolute Gasteiger partial charge is 0.492 e. The molecule has 1 N–H and O–H groups in total. The van der Waals surface area contributed by atoms with Crippen LogP contribution in [0.5, 0.6) is 11.5 Å². The number of amides is 1. The minimum absolute atomic E-state index is 0.0497. The van der Waals surface area contributed by atoms with Gasteiger partial charge < -0.3 is 14.8 Å². The molecule has 9 heteroatoms. The second-order valence-electron chi connectivity index (χ2n) is 6.84. The quantitative estimate of drug-likeness (QED) is 0.647. The molecule has 30 heavy (non-hydrogen) atoms. The Morgan fingerprint density at radius 1 is 1.03 bits per heavy atom. The Balaban J connectivity index is 1.37. The third-order valence-electron chi connectivity index (χ3n) is 4.70. The maximum atomic E-state index is 12.5. The normalized spacial score (nSPS) is 15.2. The lowest BCUT2D eigenvalue weighted by Gasteiger charge is -2.34. The zero-order valence-corrected chi connectivity index (χ0v) is 17.2. The van der Waals surface area contributed by atoms with Crippen molar-refractivity contribution >= 4 is 23.2 Å². The monoisotopic (exact) mass is 439 g/mol. The van der Waals surface area contributed by atoms with Crippen LogP contribution in [0.4, 0.5) is 14.5 Å². The van der Waals surface area contributed by atoms with Crippen LogP contribution in [0, 0.1) is 0 Å². The highest BCUT2D eigenvalue weighted by Gasteiger charge is 2.19. The molecular formula is C21H24ClF2N3O3. The Morgan fingerprint density at radius 2 is 1.70 bits per heavy atom. The minimum Gasteiger partial charge on any atom is -0.492 e. The first-order valence-corrected chi connectivity index (χ1v) is 10.0. The molecule has 0 aromatic heterocycles. The van der Waals surface area contributed by atoms with Crippen molar-refractivity contribution in [2.75, 3.05) is 51.2 Å². The van der Waals surface area contributed by atoms with Gasteiger partial charge in [-0.15, -0.1) is 0 Å². The van der Waals surface area contributed by atoms with Gasteiger partial charge in [0.15, 0.2) is 0 Å². The summed E-state index contributed by atoms with van der Waals surface area (Å²) in [5, 5.41) is 3.32. The number of ether oxygens (including phenoxy) is 2. The number of hydrogen-bond acceptors (Lipinski definition) is 5. The fraction of sp³-hybridized carbons (Fsp3) is 0.381. The second kappa shape index (κ2) is 11.1. The fourth-order valence-corrected chi connectivity index (χ4v) is 3.28. The molecule has 2 aromatic rings. The van der Waals surface area contributed by atoms with Gasteiger partial charge in [0.1, 0.15) is 18.1 Å². The van der Waals surface area contributed by atoms with Crippen molar-refractivity contribution < 1.29 is 23.0 Å². The van der Waals surface area contributed by atoms with Crippen molar-refractivity contribution in [2.45, 2.75) is 6.61 Å². The molecule has 0 spiro atoms. The number of anilines is 1. The molecule has 0 bridgehead atoms. The second-order valence-corrected chi connectivity index (χ2v) is 7.28. The number of nitrogens with one attached hydrogen (secondary N) is 1. The first-order valence-electron chi connectivity index (χ1n) is 9.66. The third-order valence-corrected chi connectivity index (χ3v) is 4.95. The van der Waals surface area contributed by atoms with E-state index in [1.165, 1.54) is 12.1 Å². The van der Waals surface area contributed by atoms with E-state index in [0.717, 1.165) is 38.5 Å². The van der Waals surface area contributed by atoms with E-state index in [0.29, 0.717) is 11.6 Å². The van der Waals surface area contributed by atoms with Crippen molar-refractivity contribution in [3.8, 4) is 11.5 Å². The van der Waals surface area contributed by atoms with Crippen LogP contribution in [0.1, 0.15) is 0 Å². The first-order chi connectivity index (χ1) is 14.5. The van der Waals surface area contributed by atoms with Crippen molar-refractivity contribution in [3.05, 3.63) is 53.6 Å². The van der Waals surface area contributed by atoms with E-state index >= 15 is 0 Å². The van der Waals surface area contributed by atoms with Crippen molar-refractivity contribution in [1.82, 2.24) is 9.80 Å². The summed E-state index contributed by atoms with van der Waals surface area (Å²) in [5.41, 5.74) is 0.237. The van der Waals surface area contributed by atoms with E-state index in [1.54, 1.807) is 24.3 Å². The summed E-state index contributed by atoms with van der Waals surface area (Å²) in [6.45, 7) is 1.74. The van der Waals surface area contributed by atoms with Crippen LogP contribution in [0.3, 0.4) is 0 Å². The molecule has 1 heterocycles. The Labute approximate surface area is 179 Å². The van der Waals surface area contributed by atoms with Gasteiger partial charge in [0.25, 0.3) is 0 Å². The standard InChI is InChI=1S/C21H24ClF2N3O3/c22-16-5-7-17(8-6-16)29-14-13-26-9-11-27(12-10-26)15-20(28)25-18-3-1-2-4-19(18)30-21(23)24/h1-8,21H,9-15H2,(H,25,28). The van der Waals surface area contributed by atoms with E-state index in [1.807, 2.05) is 17.0 Å². The number of piperazine rings is 1. The minimum atomic E-state index is -2.94. The molecule has 1 aliphatic heterocycles. The summed E-state index contributed by atoms with van der Waals surface area (Å²) >= 11 is 5.86. The zero-order valence-electron chi connectivity index (χ0n) is 16.4. The van der Waals surface area contributed by atoms with Crippen LogP contribution in [0.15, 0.2) is 48.5 Å². The van der Waals surface area contributed by atoms with E-state index in [2.05, 4.69) is 15.0 Å². The summed E-state index contributed by atoms with van der Waals surface area (Å²) in [4.78, 5) is 16.6. The maximum absolute atomic E-state index is 12.5. The number of carbonyl (C=O) groups excluding carboxylic acids is 1. The Bertz CT molecular complexity index is 815. The topological polar surface area (TPSA) is 54.0 Å². The van der Waals surface area contributed by atoms with E-state index in [-0.39, 0.29) is 23.9 Å². The molecule has 3 rings (SSSR count). The van der Waals surface area contributed by atoms with Crippen molar-refractivity contribution in [1.29, 1.82) is 0 Å². The number of halogens is 3. The average molecular weight is 440 g/mol. The van der Waals surface area contributed by atoms with Crippen LogP contribution in [-0.2, 0) is 4.79 Å². The Kier molecular flexibility index (Phi) is 8.24. The van der Waals surface area contributed by atoms with Gasteiger partial charge in [0.05, 0.1) is 12.2 Å². The fourth-order valence-electron chi connectivity index (χ4n) is 3.16. The molecule has 0 atom stereocenters. The Morgan fingerprint density at radius 3 is 2.40 bits per heavy atom. The molecule has 0 aliphatic carbocycles. The van der Waals surface area contributed by atoms with E-state index < -0.39 is 6.61 Å². The molecule has 0 unspecified atom stereocenters. The number of carbonyl (C=O) groups is 1. The third kappa shape index (κ3) is 7.12. The molecule has 0 radical (unpaired) electrons. The first kappa shape index (κ1) is 22.3. The number of nitrogens with zero attached hydrogens (tertiary/aromatic N) is 2. The number of rotatable bonds is 9. The van der Waals surface area contributed by atoms with Crippen molar-refractivity contribution in [3.63, 3.8) is 0 Å². The predicted molar refractivity (Wildman–Crippen MR) is 112 cm³/mol. The van der Waals surface area contributed by atoms with Gasteiger partial charge in [-0.2, -0.15) is 8.78 Å². The highest BCUT2D eigenvalue weighted by atomic mass is 35.5. The number of para-hydroxylation sites is 2. The zero-order chi connectivity index (χ0) is 21.3. The van der Waals surface area contributed by atoms with E-state index in [4.69, 9.17) is 16.3 Å². The lowest BCUT2D eigenvalue weighted by atomic mass is 10.2. The van der Waals surface area contributed by atoms with Gasteiger partial charge in [-0.05, 0) is 36.4 Å². The lowest BCUT2D eigenvalue weighted by molar-refractivity contribution is -0.117. The smallest absolute Gasteiger partial charge is 0.387 e. The highest BCUT2D eigenvalue weighted by molar-refractivity contribution is 6.30. The van der Waals surface area contributed by atoms with Gasteiger partial charge in [-0.3, -0.25) is 14.6 Å². The summed E-state index contributed by atoms with van der Waals surface area (Å²) in [6, 6.07) is 13.4. The van der Waals surface area contributed by atoms with Crippen LogP contribution >= 0.6 is 11.6 Å². The molecular weight excluding hydrogens is 416 g/mol. The van der Waals surface area contributed by atoms with Crippen molar-refractivity contribution in [2.24, 2.45) is 0 Å². The molecule has 2 aromatic carbocycles. The summed E-state index contributed by atoms with van der Waals surface area (Å²) < 4.78 is 35.1. The molecule has 1 aliphatic rings. The molecule has 1 fully saturated rings. The summed E-state index contributed by atoms with van der Waals surface area (Å²) in [7, 11) is 0. The lowest BCUT2D eigenvalue weighted by Crippen LogP contribution is -2.49. The maximum Gasteiger partial charge on any atom is 0.387 e. The van der Waals surface area contributed by atoms with Crippen LogP contribution in [0.2, 0.25) is 5.02 Å². The van der Waals surface area contributed by atoms with Crippen LogP contribution in [-0.4, -0.2) is 68.2 Å². The number of alkyl halides is 2. The van der Waals surface area contributed by atoms with E-state index in [9.17, 15) is 13.6 Å². The molecule has 6 nitrogen and oxygen atoms in total. The molecule has 162 valence electrons. The molecule has 0 saturated carbocycles.